The van der Waals surface area contributed by atoms with Gasteiger partial charge in [-0.1, -0.05) is 167 Å². The van der Waals surface area contributed by atoms with E-state index in [1.807, 2.05) is 0 Å². The van der Waals surface area contributed by atoms with E-state index in [-0.39, 0.29) is 24.3 Å². The molecule has 0 fully saturated rings. The van der Waals surface area contributed by atoms with Crippen molar-refractivity contribution in [3.05, 3.63) is 53.6 Å². The number of unbranched alkanes of at least 4 members (excludes halogenated alkanes) is 24. The predicted octanol–water partition coefficient (Wildman–Crippen LogP) is 13.3. The summed E-state index contributed by atoms with van der Waals surface area (Å²) in [7, 11) is -4.56. The average molecular weight is 747 g/mol. The Morgan fingerprint density at radius 2 is 0.827 bits per heavy atom. The number of benzene rings is 1. The minimum absolute atomic E-state index is 0.0610. The van der Waals surface area contributed by atoms with E-state index in [2.05, 4.69) is 38.2 Å². The molecule has 298 valence electrons. The van der Waals surface area contributed by atoms with Crippen molar-refractivity contribution in [3.8, 4) is 0 Å². The van der Waals surface area contributed by atoms with Gasteiger partial charge in [0, 0.05) is 0 Å². The first-order valence-electron chi connectivity index (χ1n) is 21.1. The minimum atomic E-state index is -4.56. The summed E-state index contributed by atoms with van der Waals surface area (Å²) in [6.07, 6.45) is 42.3. The highest BCUT2D eigenvalue weighted by Gasteiger charge is 2.23. The van der Waals surface area contributed by atoms with Gasteiger partial charge in [0.15, 0.2) is 0 Å². The smallest absolute Gasteiger partial charge is 0.339 e. The summed E-state index contributed by atoms with van der Waals surface area (Å²) in [4.78, 5) is 25.3. The highest BCUT2D eigenvalue weighted by atomic mass is 32.2. The molecule has 1 rings (SSSR count). The van der Waals surface area contributed by atoms with Gasteiger partial charge in [-0.25, -0.2) is 9.59 Å². The Kier molecular flexibility index (Phi) is 30.3. The lowest BCUT2D eigenvalue weighted by Gasteiger charge is -2.11. The maximum Gasteiger partial charge on any atom is 0.339 e. The first kappa shape index (κ1) is 47.6. The number of allylic oxidation sites excluding steroid dienone is 4. The van der Waals surface area contributed by atoms with Crippen molar-refractivity contribution < 1.29 is 32.0 Å². The van der Waals surface area contributed by atoms with Crippen LogP contribution >= 0.6 is 0 Å². The van der Waals surface area contributed by atoms with Gasteiger partial charge >= 0.3 is 11.9 Å². The van der Waals surface area contributed by atoms with E-state index < -0.39 is 27.0 Å². The van der Waals surface area contributed by atoms with Crippen LogP contribution in [0.5, 0.6) is 0 Å². The van der Waals surface area contributed by atoms with Gasteiger partial charge < -0.3 is 9.47 Å². The van der Waals surface area contributed by atoms with Crippen molar-refractivity contribution >= 4 is 22.1 Å². The summed E-state index contributed by atoms with van der Waals surface area (Å²) < 4.78 is 43.9. The van der Waals surface area contributed by atoms with Gasteiger partial charge in [-0.3, -0.25) is 4.55 Å². The first-order valence-corrected chi connectivity index (χ1v) is 22.5. The Hall–Kier alpha value is -2.45. The van der Waals surface area contributed by atoms with Crippen molar-refractivity contribution in [2.75, 3.05) is 13.2 Å². The predicted molar refractivity (Wildman–Crippen MR) is 216 cm³/mol. The zero-order chi connectivity index (χ0) is 38.0. The number of carbonyl (C=O) groups excluding carboxylic acids is 2. The molecule has 0 heterocycles. The molecule has 1 aromatic rings. The van der Waals surface area contributed by atoms with E-state index in [1.165, 1.54) is 141 Å². The molecule has 1 N–H and O–H groups in total. The molecule has 0 radical (unpaired) electrons. The van der Waals surface area contributed by atoms with Crippen LogP contribution in [0, 0.1) is 0 Å². The average Bonchev–Trinajstić information content (AvgIpc) is 3.13. The van der Waals surface area contributed by atoms with Crippen LogP contribution in [0.1, 0.15) is 214 Å². The number of carbonyl (C=O) groups is 2. The summed E-state index contributed by atoms with van der Waals surface area (Å²) >= 11 is 0. The second-order valence-corrected chi connectivity index (χ2v) is 15.8. The Labute approximate surface area is 318 Å². The van der Waals surface area contributed by atoms with Crippen LogP contribution in [0.4, 0.5) is 0 Å². The molecule has 0 bridgehead atoms. The number of rotatable bonds is 35. The summed E-state index contributed by atoms with van der Waals surface area (Å²) in [5.41, 5.74) is -0.272. The van der Waals surface area contributed by atoms with E-state index in [0.717, 1.165) is 50.7 Å². The SMILES string of the molecule is CCC/C=C/CCCCCCCCCCCCCOC(=O)c1ccc(S(=O)(=O)O)cc1C(=O)OCCCCCCCCCCCCC/C=C/CCC. The van der Waals surface area contributed by atoms with E-state index in [1.54, 1.807) is 0 Å². The second-order valence-electron chi connectivity index (χ2n) is 14.3. The van der Waals surface area contributed by atoms with Crippen LogP contribution in [0.25, 0.3) is 0 Å². The molecular formula is C44H74O7S. The van der Waals surface area contributed by atoms with Crippen LogP contribution in [0.3, 0.4) is 0 Å². The molecule has 0 aromatic heterocycles. The molecule has 7 nitrogen and oxygen atoms in total. The number of ether oxygens (including phenoxy) is 2. The van der Waals surface area contributed by atoms with Crippen molar-refractivity contribution in [2.24, 2.45) is 0 Å². The fraction of sp³-hybridized carbons (Fsp3) is 0.727. The Bertz CT molecular complexity index is 1200. The summed E-state index contributed by atoms with van der Waals surface area (Å²) in [5, 5.41) is 0. The normalized spacial score (nSPS) is 11.9. The number of esters is 2. The number of hydrogen-bond donors (Lipinski definition) is 1. The zero-order valence-corrected chi connectivity index (χ0v) is 33.9. The van der Waals surface area contributed by atoms with E-state index in [0.29, 0.717) is 6.42 Å². The Morgan fingerprint density at radius 1 is 0.500 bits per heavy atom. The van der Waals surface area contributed by atoms with E-state index in [4.69, 9.17) is 9.47 Å². The van der Waals surface area contributed by atoms with Gasteiger partial charge in [0.05, 0.1) is 29.2 Å². The molecule has 0 saturated carbocycles. The highest BCUT2D eigenvalue weighted by Crippen LogP contribution is 2.20. The molecule has 1 aromatic carbocycles. The Morgan fingerprint density at radius 3 is 1.19 bits per heavy atom. The maximum atomic E-state index is 12.9. The van der Waals surface area contributed by atoms with E-state index >= 15 is 0 Å². The van der Waals surface area contributed by atoms with Crippen LogP contribution < -0.4 is 0 Å². The van der Waals surface area contributed by atoms with Gasteiger partial charge in [0.2, 0.25) is 0 Å². The summed E-state index contributed by atoms with van der Waals surface area (Å²) in [5.74, 6) is -1.50. The Balaban J connectivity index is 2.23. The third-order valence-corrected chi connectivity index (χ3v) is 10.3. The van der Waals surface area contributed by atoms with Crippen LogP contribution in [0.15, 0.2) is 47.4 Å². The molecule has 8 heteroatoms. The fourth-order valence-electron chi connectivity index (χ4n) is 6.23. The van der Waals surface area contributed by atoms with Crippen LogP contribution in [-0.4, -0.2) is 38.1 Å². The van der Waals surface area contributed by atoms with Gasteiger partial charge in [0.1, 0.15) is 0 Å². The lowest BCUT2D eigenvalue weighted by Crippen LogP contribution is -2.16. The third-order valence-electron chi connectivity index (χ3n) is 9.47. The number of hydrogen-bond acceptors (Lipinski definition) is 6. The van der Waals surface area contributed by atoms with Crippen molar-refractivity contribution in [2.45, 2.75) is 199 Å². The van der Waals surface area contributed by atoms with E-state index in [9.17, 15) is 22.6 Å². The lowest BCUT2D eigenvalue weighted by molar-refractivity contribution is 0.0450. The molecule has 52 heavy (non-hydrogen) atoms. The quantitative estimate of drug-likeness (QED) is 0.0319. The van der Waals surface area contributed by atoms with Gasteiger partial charge in [0.25, 0.3) is 10.1 Å². The molecule has 0 saturated heterocycles. The lowest BCUT2D eigenvalue weighted by atomic mass is 10.0. The highest BCUT2D eigenvalue weighted by molar-refractivity contribution is 7.85. The molecule has 0 unspecified atom stereocenters. The summed E-state index contributed by atoms with van der Waals surface area (Å²) in [6, 6.07) is 3.30. The first-order chi connectivity index (χ1) is 25.3. The monoisotopic (exact) mass is 747 g/mol. The molecule has 0 aliphatic rings. The van der Waals surface area contributed by atoms with Gasteiger partial charge in [-0.2, -0.15) is 8.42 Å². The van der Waals surface area contributed by atoms with Crippen molar-refractivity contribution in [1.82, 2.24) is 0 Å². The maximum absolute atomic E-state index is 12.9. The molecule has 0 spiro atoms. The van der Waals surface area contributed by atoms with Crippen molar-refractivity contribution in [1.29, 1.82) is 0 Å². The van der Waals surface area contributed by atoms with Crippen LogP contribution in [-0.2, 0) is 19.6 Å². The molecule has 0 aliphatic heterocycles. The molecular weight excluding hydrogens is 673 g/mol. The second kappa shape index (κ2) is 33.1. The third kappa shape index (κ3) is 26.3. The van der Waals surface area contributed by atoms with Crippen molar-refractivity contribution in [3.63, 3.8) is 0 Å². The molecule has 0 atom stereocenters. The summed E-state index contributed by atoms with van der Waals surface area (Å²) in [6.45, 7) is 4.81. The largest absolute Gasteiger partial charge is 0.462 e. The zero-order valence-electron chi connectivity index (χ0n) is 33.1. The van der Waals surface area contributed by atoms with Crippen LogP contribution in [0.2, 0.25) is 0 Å². The molecule has 0 amide bonds. The topological polar surface area (TPSA) is 107 Å². The van der Waals surface area contributed by atoms with Gasteiger partial charge in [-0.05, 0) is 69.6 Å². The standard InChI is InChI=1S/C44H74O7S/c1-3-5-7-9-11-13-15-17-19-21-23-25-27-29-31-33-37-50-43(45)41-36-35-40(52(47,48)49)39-42(41)44(46)51-38-34-32-30-28-26-24-22-20-18-16-14-12-10-8-6-4-2/h7-10,35-36,39H,3-6,11-34,37-38H2,1-2H3,(H,47,48,49)/b9-7+,10-8+. The van der Waals surface area contributed by atoms with Gasteiger partial charge in [-0.15, -0.1) is 0 Å². The fourth-order valence-corrected chi connectivity index (χ4v) is 6.74. The minimum Gasteiger partial charge on any atom is -0.462 e. The molecule has 0 aliphatic carbocycles.